The zero-order chi connectivity index (χ0) is 31.3. The maximum absolute atomic E-state index is 2.38. The Labute approximate surface area is 275 Å². The summed E-state index contributed by atoms with van der Waals surface area (Å²) in [5.41, 5.74) is 11.4. The van der Waals surface area contributed by atoms with Crippen LogP contribution in [0.3, 0.4) is 0 Å². The molecule has 0 amide bonds. The Balaban J connectivity index is 1.20. The Kier molecular flexibility index (Phi) is 6.47. The smallest absolute Gasteiger partial charge is 0.00263 e. The molecule has 0 bridgehead atoms. The summed E-state index contributed by atoms with van der Waals surface area (Å²) in [6, 6.07) is 64.5. The van der Waals surface area contributed by atoms with E-state index in [9.17, 15) is 0 Å². The average molecular weight is 597 g/mol. The fourth-order valence-electron chi connectivity index (χ4n) is 7.53. The van der Waals surface area contributed by atoms with Gasteiger partial charge in [0.05, 0.1) is 0 Å². The van der Waals surface area contributed by atoms with Crippen molar-refractivity contribution in [1.29, 1.82) is 0 Å². The van der Waals surface area contributed by atoms with E-state index in [1.165, 1.54) is 93.2 Å². The molecule has 47 heavy (non-hydrogen) atoms. The van der Waals surface area contributed by atoms with E-state index in [2.05, 4.69) is 183 Å². The Hall–Kier alpha value is -5.98. The van der Waals surface area contributed by atoms with Gasteiger partial charge >= 0.3 is 0 Å². The van der Waals surface area contributed by atoms with Crippen LogP contribution >= 0.6 is 0 Å². The Morgan fingerprint density at radius 1 is 0.277 bits per heavy atom. The third-order valence-electron chi connectivity index (χ3n) is 9.78. The predicted molar refractivity (Wildman–Crippen MR) is 203 cm³/mol. The lowest BCUT2D eigenvalue weighted by Crippen LogP contribution is -1.92. The molecule has 0 fully saturated rings. The van der Waals surface area contributed by atoms with Crippen molar-refractivity contribution in [2.24, 2.45) is 0 Å². The summed E-state index contributed by atoms with van der Waals surface area (Å²) < 4.78 is 0. The fourth-order valence-corrected chi connectivity index (χ4v) is 7.53. The summed E-state index contributed by atoms with van der Waals surface area (Å²) in [5, 5.41) is 10.2. The van der Waals surface area contributed by atoms with Crippen LogP contribution in [0.1, 0.15) is 5.56 Å². The van der Waals surface area contributed by atoms with Crippen LogP contribution in [-0.4, -0.2) is 0 Å². The van der Waals surface area contributed by atoms with Crippen LogP contribution in [-0.2, 0) is 0 Å². The second-order valence-corrected chi connectivity index (χ2v) is 12.5. The third kappa shape index (κ3) is 4.61. The first-order valence-corrected chi connectivity index (χ1v) is 16.4. The lowest BCUT2D eigenvalue weighted by Gasteiger charge is -2.19. The van der Waals surface area contributed by atoms with Gasteiger partial charge in [-0.05, 0) is 106 Å². The normalized spacial score (nSPS) is 11.5. The van der Waals surface area contributed by atoms with E-state index >= 15 is 0 Å². The molecule has 0 unspecified atom stereocenters. The minimum Gasteiger partial charge on any atom is -0.0616 e. The van der Waals surface area contributed by atoms with Gasteiger partial charge in [-0.2, -0.15) is 0 Å². The largest absolute Gasteiger partial charge is 0.0616 e. The van der Waals surface area contributed by atoms with Gasteiger partial charge in [0.25, 0.3) is 0 Å². The van der Waals surface area contributed by atoms with Crippen molar-refractivity contribution < 1.29 is 0 Å². The summed E-state index contributed by atoms with van der Waals surface area (Å²) in [6.07, 6.45) is 0. The predicted octanol–water partition coefficient (Wildman–Crippen LogP) is 13.3. The highest BCUT2D eigenvalue weighted by Gasteiger charge is 2.17. The van der Waals surface area contributed by atoms with Gasteiger partial charge in [0.15, 0.2) is 0 Å². The van der Waals surface area contributed by atoms with Crippen LogP contribution in [0.25, 0.3) is 87.6 Å². The third-order valence-corrected chi connectivity index (χ3v) is 9.78. The number of benzene rings is 9. The molecule has 0 N–H and O–H groups in total. The van der Waals surface area contributed by atoms with Crippen LogP contribution in [0.4, 0.5) is 0 Å². The van der Waals surface area contributed by atoms with Crippen molar-refractivity contribution in [3.05, 3.63) is 181 Å². The molecule has 0 nitrogen and oxygen atoms in total. The Morgan fingerprint density at radius 2 is 0.766 bits per heavy atom. The van der Waals surface area contributed by atoms with Crippen molar-refractivity contribution in [2.75, 3.05) is 0 Å². The van der Waals surface area contributed by atoms with Crippen LogP contribution in [0.15, 0.2) is 176 Å². The Bertz CT molecular complexity index is 2560. The van der Waals surface area contributed by atoms with E-state index in [4.69, 9.17) is 0 Å². The highest BCUT2D eigenvalue weighted by molar-refractivity contribution is 6.21. The molecule has 0 heterocycles. The summed E-state index contributed by atoms with van der Waals surface area (Å²) in [7, 11) is 0. The molecule has 9 aromatic carbocycles. The summed E-state index contributed by atoms with van der Waals surface area (Å²) >= 11 is 0. The van der Waals surface area contributed by atoms with Crippen LogP contribution in [0, 0.1) is 6.92 Å². The van der Waals surface area contributed by atoms with Gasteiger partial charge < -0.3 is 0 Å². The molecule has 0 saturated heterocycles. The fraction of sp³-hybridized carbons (Fsp3) is 0.0213. The van der Waals surface area contributed by atoms with Crippen molar-refractivity contribution in [2.45, 2.75) is 6.92 Å². The molecule has 0 spiro atoms. The van der Waals surface area contributed by atoms with E-state index in [-0.39, 0.29) is 0 Å². The first-order valence-electron chi connectivity index (χ1n) is 16.4. The molecule has 0 aliphatic heterocycles. The number of aryl methyl sites for hydroxylation is 1. The second-order valence-electron chi connectivity index (χ2n) is 12.5. The molecule has 9 rings (SSSR count). The van der Waals surface area contributed by atoms with Gasteiger partial charge in [0.1, 0.15) is 0 Å². The number of rotatable bonds is 4. The molecule has 9 aromatic rings. The van der Waals surface area contributed by atoms with Gasteiger partial charge in [-0.25, -0.2) is 0 Å². The first kappa shape index (κ1) is 27.3. The molecule has 220 valence electrons. The first-order chi connectivity index (χ1) is 23.2. The molecule has 0 atom stereocenters. The highest BCUT2D eigenvalue weighted by Crippen LogP contribution is 2.45. The zero-order valence-corrected chi connectivity index (χ0v) is 26.2. The SMILES string of the molecule is Cc1cc(-c2c3ccccc3c(-c3ccc(-c4ccc5ccccc5c4)cc3)c3ccccc23)ccc1-c1cccc2ccccc12. The van der Waals surface area contributed by atoms with E-state index < -0.39 is 0 Å². The molecule has 0 radical (unpaired) electrons. The van der Waals surface area contributed by atoms with Crippen LogP contribution in [0.2, 0.25) is 0 Å². The van der Waals surface area contributed by atoms with Crippen molar-refractivity contribution in [1.82, 2.24) is 0 Å². The van der Waals surface area contributed by atoms with Gasteiger partial charge in [0, 0.05) is 0 Å². The molecular formula is C47H32. The standard InChI is InChI=1S/C47H32/c1-31-29-38(27-28-39(31)41-20-10-14-34-12-4-5-15-40(34)41)47-44-18-8-6-16-42(44)46(43-17-7-9-19-45(43)47)35-24-21-33(22-25-35)37-26-23-32-11-2-3-13-36(32)30-37/h2-30H,1H3. The van der Waals surface area contributed by atoms with Crippen LogP contribution < -0.4 is 0 Å². The van der Waals surface area contributed by atoms with Gasteiger partial charge in [-0.15, -0.1) is 0 Å². The van der Waals surface area contributed by atoms with E-state index in [0.29, 0.717) is 0 Å². The van der Waals surface area contributed by atoms with Gasteiger partial charge in [0.2, 0.25) is 0 Å². The molecule has 0 aliphatic carbocycles. The van der Waals surface area contributed by atoms with Gasteiger partial charge in [-0.3, -0.25) is 0 Å². The second kappa shape index (κ2) is 11.1. The summed E-state index contributed by atoms with van der Waals surface area (Å²) in [5.74, 6) is 0. The Morgan fingerprint density at radius 3 is 1.43 bits per heavy atom. The highest BCUT2D eigenvalue weighted by atomic mass is 14.2. The van der Waals surface area contributed by atoms with E-state index in [1.54, 1.807) is 0 Å². The van der Waals surface area contributed by atoms with Crippen molar-refractivity contribution in [3.8, 4) is 44.5 Å². The minimum absolute atomic E-state index is 1.23. The molecule has 0 aromatic heterocycles. The lowest BCUT2D eigenvalue weighted by atomic mass is 9.84. The summed E-state index contributed by atoms with van der Waals surface area (Å²) in [6.45, 7) is 2.25. The molecule has 0 aliphatic rings. The van der Waals surface area contributed by atoms with E-state index in [0.717, 1.165) is 0 Å². The van der Waals surface area contributed by atoms with Gasteiger partial charge in [-0.1, -0.05) is 170 Å². The minimum atomic E-state index is 1.23. The monoisotopic (exact) mass is 596 g/mol. The number of fused-ring (bicyclic) bond motifs is 4. The molecule has 0 heteroatoms. The maximum Gasteiger partial charge on any atom is -0.00263 e. The number of hydrogen-bond donors (Lipinski definition) is 0. The van der Waals surface area contributed by atoms with Crippen LogP contribution in [0.5, 0.6) is 0 Å². The quantitative estimate of drug-likeness (QED) is 0.177. The summed E-state index contributed by atoms with van der Waals surface area (Å²) in [4.78, 5) is 0. The van der Waals surface area contributed by atoms with E-state index in [1.807, 2.05) is 0 Å². The number of hydrogen-bond acceptors (Lipinski definition) is 0. The maximum atomic E-state index is 2.38. The lowest BCUT2D eigenvalue weighted by molar-refractivity contribution is 1.47. The van der Waals surface area contributed by atoms with Crippen molar-refractivity contribution in [3.63, 3.8) is 0 Å². The molecular weight excluding hydrogens is 565 g/mol. The van der Waals surface area contributed by atoms with Crippen molar-refractivity contribution >= 4 is 43.1 Å². The average Bonchev–Trinajstić information content (AvgIpc) is 3.13. The topological polar surface area (TPSA) is 0 Å². The molecule has 0 saturated carbocycles. The zero-order valence-electron chi connectivity index (χ0n) is 26.2.